The highest BCUT2D eigenvalue weighted by Gasteiger charge is 2.50. The van der Waals surface area contributed by atoms with E-state index in [9.17, 15) is 41.0 Å². The van der Waals surface area contributed by atoms with E-state index in [1.807, 2.05) is 4.90 Å². The monoisotopic (exact) mass is 587 g/mol. The number of aliphatic hydroxyl groups is 1. The minimum absolute atomic E-state index is 0.104. The third-order valence-corrected chi connectivity index (χ3v) is 7.40. The van der Waals surface area contributed by atoms with Gasteiger partial charge in [-0.1, -0.05) is 0 Å². The van der Waals surface area contributed by atoms with Crippen LogP contribution in [0.3, 0.4) is 0 Å². The molecule has 1 unspecified atom stereocenters. The highest BCUT2D eigenvalue weighted by Crippen LogP contribution is 2.40. The third kappa shape index (κ3) is 5.47. The molecule has 0 bridgehead atoms. The van der Waals surface area contributed by atoms with Crippen molar-refractivity contribution in [3.05, 3.63) is 63.5 Å². The van der Waals surface area contributed by atoms with Crippen molar-refractivity contribution in [2.75, 3.05) is 38.2 Å². The van der Waals surface area contributed by atoms with Gasteiger partial charge in [-0.25, -0.2) is 22.5 Å². The Hall–Kier alpha value is -3.72. The van der Waals surface area contributed by atoms with Crippen LogP contribution in [0.5, 0.6) is 0 Å². The molecule has 2 N–H and O–H groups in total. The number of nitrogens with one attached hydrogen (secondary N) is 1. The number of rotatable bonds is 6. The highest BCUT2D eigenvalue weighted by molar-refractivity contribution is 5.97. The van der Waals surface area contributed by atoms with Gasteiger partial charge in [0.2, 0.25) is 5.43 Å². The summed E-state index contributed by atoms with van der Waals surface area (Å²) in [6.07, 6.45) is -3.84. The molecule has 2 aliphatic rings. The summed E-state index contributed by atoms with van der Waals surface area (Å²) in [4.78, 5) is 33.7. The number of carbonyl (C=O) groups excluding carboxylic acids is 1. The van der Waals surface area contributed by atoms with Crippen molar-refractivity contribution < 1.29 is 40.6 Å². The van der Waals surface area contributed by atoms with E-state index >= 15 is 4.39 Å². The first kappa shape index (κ1) is 28.8. The Kier molecular flexibility index (Phi) is 7.44. The maximum atomic E-state index is 15.4. The molecule has 2 fully saturated rings. The number of likely N-dealkylation sites (N-methyl/N-ethyl adjacent to an activating group) is 1. The van der Waals surface area contributed by atoms with Gasteiger partial charge in [0.25, 0.3) is 5.91 Å². The largest absolute Gasteiger partial charge is 0.408 e. The van der Waals surface area contributed by atoms with E-state index in [0.29, 0.717) is 35.5 Å². The summed E-state index contributed by atoms with van der Waals surface area (Å²) in [6.45, 7) is 0.453. The van der Waals surface area contributed by atoms with Gasteiger partial charge >= 0.3 is 6.18 Å². The van der Waals surface area contributed by atoms with Gasteiger partial charge in [-0.3, -0.25) is 19.1 Å². The zero-order valence-electron chi connectivity index (χ0n) is 21.5. The highest BCUT2D eigenvalue weighted by atomic mass is 19.4. The van der Waals surface area contributed by atoms with Crippen LogP contribution in [-0.2, 0) is 0 Å². The van der Waals surface area contributed by atoms with E-state index in [1.165, 1.54) is 4.90 Å². The molecular formula is C26H24F7N5O3. The molecule has 2 aromatic heterocycles. The first-order valence-electron chi connectivity index (χ1n) is 12.6. The molecule has 3 heterocycles. The maximum absolute atomic E-state index is 15.4. The summed E-state index contributed by atoms with van der Waals surface area (Å²) >= 11 is 0. The number of aliphatic hydroxyl groups excluding tert-OH is 1. The molecule has 220 valence electrons. The molecule has 0 radical (unpaired) electrons. The number of benzene rings is 1. The number of hydrogen-bond donors (Lipinski definition) is 2. The zero-order chi connectivity index (χ0) is 29.8. The predicted molar refractivity (Wildman–Crippen MR) is 133 cm³/mol. The lowest BCUT2D eigenvalue weighted by Crippen LogP contribution is -2.53. The summed E-state index contributed by atoms with van der Waals surface area (Å²) < 4.78 is 100. The standard InChI is InChI=1S/C26H24F7N5O3/c1-36-4-5-37(9-14(36)11-39)24-19(30)8-15-21(40)16(25(41)34-22(12-2-3-12)26(31,32)33)10-38(23(15)35-24)20-17(28)6-13(27)7-18(20)29/h6-8,10,12,14,22,39H,2-5,9,11H2,1H3,(H,34,41)/t14?,22-/m0/s1. The zero-order valence-corrected chi connectivity index (χ0v) is 21.5. The molecule has 3 aromatic rings. The number of halogens is 7. The Balaban J connectivity index is 1.70. The van der Waals surface area contributed by atoms with Crippen molar-refractivity contribution in [2.24, 2.45) is 5.92 Å². The van der Waals surface area contributed by atoms with Crippen LogP contribution in [0.15, 0.2) is 29.2 Å². The quantitative estimate of drug-likeness (QED) is 0.431. The van der Waals surface area contributed by atoms with E-state index in [0.717, 1.165) is 0 Å². The number of alkyl halides is 3. The van der Waals surface area contributed by atoms with Gasteiger partial charge < -0.3 is 15.3 Å². The van der Waals surface area contributed by atoms with Crippen LogP contribution in [0.25, 0.3) is 16.7 Å². The lowest BCUT2D eigenvalue weighted by Gasteiger charge is -2.39. The van der Waals surface area contributed by atoms with Crippen LogP contribution in [0, 0.1) is 29.2 Å². The summed E-state index contributed by atoms with van der Waals surface area (Å²) in [5, 5.41) is 10.8. The van der Waals surface area contributed by atoms with E-state index in [4.69, 9.17) is 0 Å². The molecule has 1 saturated carbocycles. The molecule has 41 heavy (non-hydrogen) atoms. The number of amides is 1. The third-order valence-electron chi connectivity index (χ3n) is 7.40. The SMILES string of the molecule is CN1CCN(c2nc3c(cc2F)c(=O)c(C(=O)N[C@@H](C2CC2)C(F)(F)F)cn3-c2c(F)cc(F)cc2F)CC1CO. The van der Waals surface area contributed by atoms with Gasteiger partial charge in [0, 0.05) is 38.0 Å². The first-order valence-corrected chi connectivity index (χ1v) is 12.6. The van der Waals surface area contributed by atoms with Crippen molar-refractivity contribution in [1.82, 2.24) is 19.8 Å². The van der Waals surface area contributed by atoms with E-state index in [1.54, 1.807) is 12.4 Å². The maximum Gasteiger partial charge on any atom is 0.408 e. The van der Waals surface area contributed by atoms with E-state index in [-0.39, 0.29) is 38.4 Å². The molecular weight excluding hydrogens is 563 g/mol. The van der Waals surface area contributed by atoms with Gasteiger partial charge in [0.1, 0.15) is 23.1 Å². The van der Waals surface area contributed by atoms with Gasteiger partial charge in [0.15, 0.2) is 28.9 Å². The fourth-order valence-electron chi connectivity index (χ4n) is 4.98. The summed E-state index contributed by atoms with van der Waals surface area (Å²) in [6, 6.07) is -1.35. The van der Waals surface area contributed by atoms with Crippen LogP contribution in [0.4, 0.5) is 36.6 Å². The molecule has 1 amide bonds. The van der Waals surface area contributed by atoms with Crippen molar-refractivity contribution in [2.45, 2.75) is 31.1 Å². The Morgan fingerprint density at radius 2 is 1.76 bits per heavy atom. The molecule has 1 saturated heterocycles. The molecule has 5 rings (SSSR count). The molecule has 1 aliphatic carbocycles. The second-order valence-corrected chi connectivity index (χ2v) is 10.2. The van der Waals surface area contributed by atoms with Crippen molar-refractivity contribution in [1.29, 1.82) is 0 Å². The molecule has 15 heteroatoms. The molecule has 8 nitrogen and oxygen atoms in total. The van der Waals surface area contributed by atoms with Crippen molar-refractivity contribution in [3.63, 3.8) is 0 Å². The number of carbonyl (C=O) groups is 1. The number of pyridine rings is 2. The lowest BCUT2D eigenvalue weighted by molar-refractivity contribution is -0.158. The minimum atomic E-state index is -4.83. The Bertz CT molecular complexity index is 1550. The predicted octanol–water partition coefficient (Wildman–Crippen LogP) is 3.13. The molecule has 1 aliphatic heterocycles. The number of nitrogens with zero attached hydrogens (tertiary/aromatic N) is 4. The van der Waals surface area contributed by atoms with Crippen LogP contribution in [-0.4, -0.2) is 77.0 Å². The average molecular weight is 587 g/mol. The van der Waals surface area contributed by atoms with Crippen molar-refractivity contribution in [3.8, 4) is 5.69 Å². The molecule has 2 atom stereocenters. The summed E-state index contributed by atoms with van der Waals surface area (Å²) in [5.41, 5.74) is -3.69. The molecule has 1 aromatic carbocycles. The smallest absolute Gasteiger partial charge is 0.395 e. The number of piperazine rings is 1. The normalized spacial score (nSPS) is 19.0. The summed E-state index contributed by atoms with van der Waals surface area (Å²) in [7, 11) is 1.75. The van der Waals surface area contributed by atoms with Crippen LogP contribution in [0.1, 0.15) is 23.2 Å². The minimum Gasteiger partial charge on any atom is -0.395 e. The topological polar surface area (TPSA) is 90.7 Å². The number of fused-ring (bicyclic) bond motifs is 1. The van der Waals surface area contributed by atoms with Gasteiger partial charge in [0.05, 0.1) is 18.0 Å². The van der Waals surface area contributed by atoms with Gasteiger partial charge in [-0.2, -0.15) is 13.2 Å². The Morgan fingerprint density at radius 3 is 2.34 bits per heavy atom. The Morgan fingerprint density at radius 1 is 1.10 bits per heavy atom. The Labute approximate surface area is 228 Å². The van der Waals surface area contributed by atoms with Crippen molar-refractivity contribution >= 4 is 22.8 Å². The lowest BCUT2D eigenvalue weighted by atomic mass is 10.1. The number of hydrogen-bond acceptors (Lipinski definition) is 6. The van der Waals surface area contributed by atoms with Crippen LogP contribution in [0.2, 0.25) is 0 Å². The first-order chi connectivity index (χ1) is 19.3. The fourth-order valence-corrected chi connectivity index (χ4v) is 4.98. The molecule has 0 spiro atoms. The second kappa shape index (κ2) is 10.6. The average Bonchev–Trinajstić information content (AvgIpc) is 3.72. The van der Waals surface area contributed by atoms with E-state index in [2.05, 4.69) is 4.98 Å². The number of anilines is 1. The summed E-state index contributed by atoms with van der Waals surface area (Å²) in [5.74, 6) is -8.00. The van der Waals surface area contributed by atoms with Gasteiger partial charge in [-0.05, 0) is 31.9 Å². The number of aromatic nitrogens is 2. The van der Waals surface area contributed by atoms with Crippen LogP contribution >= 0.6 is 0 Å². The van der Waals surface area contributed by atoms with E-state index < -0.39 is 81.1 Å². The fraction of sp³-hybridized carbons (Fsp3) is 0.423. The second-order valence-electron chi connectivity index (χ2n) is 10.2. The van der Waals surface area contributed by atoms with Gasteiger partial charge in [-0.15, -0.1) is 0 Å². The van der Waals surface area contributed by atoms with Crippen LogP contribution < -0.4 is 15.6 Å².